The molecule has 1 aliphatic heterocycles. The number of hydrogen-bond donors (Lipinski definition) is 1. The Labute approximate surface area is 153 Å². The Hall–Kier alpha value is -2.28. The van der Waals surface area contributed by atoms with Crippen LogP contribution in [0.2, 0.25) is 0 Å². The van der Waals surface area contributed by atoms with Crippen LogP contribution in [0.15, 0.2) is 65.3 Å². The second-order valence-electron chi connectivity index (χ2n) is 5.77. The molecule has 0 radical (unpaired) electrons. The second kappa shape index (κ2) is 5.98. The van der Waals surface area contributed by atoms with Gasteiger partial charge in [0, 0.05) is 14.9 Å². The van der Waals surface area contributed by atoms with E-state index in [9.17, 15) is 4.79 Å². The van der Waals surface area contributed by atoms with Gasteiger partial charge in [-0.25, -0.2) is 0 Å². The molecule has 5 heteroatoms. The van der Waals surface area contributed by atoms with E-state index in [1.54, 1.807) is 11.2 Å². The lowest BCUT2D eigenvalue weighted by molar-refractivity contribution is 0.0971. The highest BCUT2D eigenvalue weighted by Crippen LogP contribution is 2.37. The number of anilines is 2. The molecule has 24 heavy (non-hydrogen) atoms. The maximum Gasteiger partial charge on any atom is 0.262 e. The van der Waals surface area contributed by atoms with Gasteiger partial charge in [-0.05, 0) is 77.5 Å². The van der Waals surface area contributed by atoms with Crippen molar-refractivity contribution in [3.05, 3.63) is 81.3 Å². The van der Waals surface area contributed by atoms with Crippen LogP contribution in [0.3, 0.4) is 0 Å². The molecule has 0 saturated heterocycles. The van der Waals surface area contributed by atoms with Crippen molar-refractivity contribution in [3.63, 3.8) is 0 Å². The van der Waals surface area contributed by atoms with Crippen LogP contribution in [0.25, 0.3) is 0 Å². The van der Waals surface area contributed by atoms with E-state index in [2.05, 4.69) is 27.9 Å². The van der Waals surface area contributed by atoms with Gasteiger partial charge in [-0.1, -0.05) is 12.1 Å². The van der Waals surface area contributed by atoms with E-state index in [1.165, 1.54) is 0 Å². The van der Waals surface area contributed by atoms with Gasteiger partial charge in [-0.15, -0.1) is 0 Å². The highest BCUT2D eigenvalue weighted by molar-refractivity contribution is 14.1. The summed E-state index contributed by atoms with van der Waals surface area (Å²) in [5.41, 5.74) is 3.45. The molecule has 1 aromatic heterocycles. The van der Waals surface area contributed by atoms with Gasteiger partial charge in [0.25, 0.3) is 5.91 Å². The van der Waals surface area contributed by atoms with Crippen molar-refractivity contribution in [3.8, 4) is 0 Å². The number of carbonyl (C=O) groups excluding carboxylic acids is 1. The molecule has 0 saturated carbocycles. The normalized spacial score (nSPS) is 16.7. The molecule has 1 aliphatic rings. The molecule has 4 nitrogen and oxygen atoms in total. The van der Waals surface area contributed by atoms with Gasteiger partial charge in [0.2, 0.25) is 0 Å². The largest absolute Gasteiger partial charge is 0.465 e. The number of nitrogens with zero attached hydrogens (tertiary/aromatic N) is 1. The first-order valence-corrected chi connectivity index (χ1v) is 8.71. The van der Waals surface area contributed by atoms with Crippen molar-refractivity contribution >= 4 is 39.9 Å². The Bertz CT molecular complexity index is 905. The molecule has 0 fully saturated rings. The summed E-state index contributed by atoms with van der Waals surface area (Å²) >= 11 is 2.22. The number of nitrogens with one attached hydrogen (secondary N) is 1. The molecular formula is C19H15IN2O2. The highest BCUT2D eigenvalue weighted by atomic mass is 127. The van der Waals surface area contributed by atoms with E-state index >= 15 is 0 Å². The molecule has 2 aromatic carbocycles. The van der Waals surface area contributed by atoms with Gasteiger partial charge < -0.3 is 9.73 Å². The van der Waals surface area contributed by atoms with E-state index in [-0.39, 0.29) is 12.1 Å². The van der Waals surface area contributed by atoms with Crippen LogP contribution >= 0.6 is 22.6 Å². The van der Waals surface area contributed by atoms with Crippen LogP contribution in [0.4, 0.5) is 11.4 Å². The number of fused-ring (bicyclic) bond motifs is 1. The third-order valence-corrected chi connectivity index (χ3v) is 4.74. The second-order valence-corrected chi connectivity index (χ2v) is 7.01. The smallest absolute Gasteiger partial charge is 0.262 e. The summed E-state index contributed by atoms with van der Waals surface area (Å²) in [4.78, 5) is 15.0. The topological polar surface area (TPSA) is 45.5 Å². The predicted molar refractivity (Wildman–Crippen MR) is 102 cm³/mol. The minimum Gasteiger partial charge on any atom is -0.465 e. The number of rotatable bonds is 2. The zero-order valence-corrected chi connectivity index (χ0v) is 15.2. The van der Waals surface area contributed by atoms with Crippen molar-refractivity contribution in [2.45, 2.75) is 13.1 Å². The van der Waals surface area contributed by atoms with Gasteiger partial charge in [0.05, 0.1) is 11.8 Å². The van der Waals surface area contributed by atoms with Gasteiger partial charge in [0.15, 0.2) is 6.17 Å². The van der Waals surface area contributed by atoms with Gasteiger partial charge in [0.1, 0.15) is 5.76 Å². The minimum atomic E-state index is -0.373. The van der Waals surface area contributed by atoms with Crippen LogP contribution in [-0.4, -0.2) is 5.91 Å². The van der Waals surface area contributed by atoms with Crippen LogP contribution in [0, 0.1) is 10.5 Å². The lowest BCUT2D eigenvalue weighted by Gasteiger charge is -2.37. The van der Waals surface area contributed by atoms with Crippen molar-refractivity contribution in [2.75, 3.05) is 10.2 Å². The molecule has 1 atom stereocenters. The highest BCUT2D eigenvalue weighted by Gasteiger charge is 2.35. The molecule has 0 spiro atoms. The molecule has 120 valence electrons. The van der Waals surface area contributed by atoms with Gasteiger partial charge >= 0.3 is 0 Å². The molecule has 0 bridgehead atoms. The van der Waals surface area contributed by atoms with Crippen LogP contribution < -0.4 is 10.2 Å². The predicted octanol–water partition coefficient (Wildman–Crippen LogP) is 4.96. The molecule has 0 unspecified atom stereocenters. The molecule has 4 rings (SSSR count). The van der Waals surface area contributed by atoms with E-state index in [0.717, 1.165) is 20.5 Å². The van der Waals surface area contributed by atoms with Crippen molar-refractivity contribution in [1.29, 1.82) is 0 Å². The maximum absolute atomic E-state index is 13.2. The number of amides is 1. The van der Waals surface area contributed by atoms with E-state index in [0.29, 0.717) is 11.3 Å². The third-order valence-electron chi connectivity index (χ3n) is 4.07. The first-order chi connectivity index (χ1) is 11.6. The fourth-order valence-corrected chi connectivity index (χ4v) is 3.46. The lowest BCUT2D eigenvalue weighted by Crippen LogP contribution is -2.43. The average Bonchev–Trinajstić information content (AvgIpc) is 3.09. The molecule has 0 aliphatic carbocycles. The zero-order valence-electron chi connectivity index (χ0n) is 13.0. The lowest BCUT2D eigenvalue weighted by atomic mass is 10.0. The SMILES string of the molecule is Cc1cccc(N2C(=O)c3cc(I)ccc3N[C@@H]2c2ccco2)c1. The number of benzene rings is 2. The van der Waals surface area contributed by atoms with Crippen molar-refractivity contribution < 1.29 is 9.21 Å². The van der Waals surface area contributed by atoms with Crippen LogP contribution in [-0.2, 0) is 0 Å². The van der Waals surface area contributed by atoms with E-state index in [1.807, 2.05) is 61.5 Å². The first-order valence-electron chi connectivity index (χ1n) is 7.63. The van der Waals surface area contributed by atoms with Crippen molar-refractivity contribution in [1.82, 2.24) is 0 Å². The van der Waals surface area contributed by atoms with Gasteiger partial charge in [-0.2, -0.15) is 0 Å². The fraction of sp³-hybridized carbons (Fsp3) is 0.105. The minimum absolute atomic E-state index is 0.0331. The summed E-state index contributed by atoms with van der Waals surface area (Å²) in [7, 11) is 0. The number of furan rings is 1. The third kappa shape index (κ3) is 2.58. The van der Waals surface area contributed by atoms with E-state index < -0.39 is 0 Å². The van der Waals surface area contributed by atoms with Crippen molar-refractivity contribution in [2.24, 2.45) is 0 Å². The summed E-state index contributed by atoms with van der Waals surface area (Å²) in [5, 5.41) is 3.43. The number of carbonyl (C=O) groups is 1. The summed E-state index contributed by atoms with van der Waals surface area (Å²) in [5.74, 6) is 0.670. The molecule has 1 N–H and O–H groups in total. The summed E-state index contributed by atoms with van der Waals surface area (Å²) < 4.78 is 6.61. The Morgan fingerprint density at radius 3 is 2.75 bits per heavy atom. The molecule has 1 amide bonds. The number of hydrogen-bond acceptors (Lipinski definition) is 3. The quantitative estimate of drug-likeness (QED) is 0.585. The van der Waals surface area contributed by atoms with Crippen LogP contribution in [0.1, 0.15) is 27.8 Å². The number of halogens is 1. The summed E-state index contributed by atoms with van der Waals surface area (Å²) in [6.45, 7) is 2.02. The van der Waals surface area contributed by atoms with E-state index in [4.69, 9.17) is 4.42 Å². The standard InChI is InChI=1S/C19H15IN2O2/c1-12-4-2-5-14(10-12)22-18(17-6-3-9-24-17)21-16-8-7-13(20)11-15(16)19(22)23/h2-11,18,21H,1H3/t18-/m0/s1. The monoisotopic (exact) mass is 430 g/mol. The Balaban J connectivity index is 1.88. The Morgan fingerprint density at radius 1 is 1.12 bits per heavy atom. The molecule has 2 heterocycles. The Morgan fingerprint density at radius 2 is 2.00 bits per heavy atom. The average molecular weight is 430 g/mol. The summed E-state index contributed by atoms with van der Waals surface area (Å²) in [6.07, 6.45) is 1.25. The van der Waals surface area contributed by atoms with Gasteiger partial charge in [-0.3, -0.25) is 9.69 Å². The fourth-order valence-electron chi connectivity index (χ4n) is 2.97. The van der Waals surface area contributed by atoms with Crippen LogP contribution in [0.5, 0.6) is 0 Å². The maximum atomic E-state index is 13.2. The Kier molecular flexibility index (Phi) is 3.80. The summed E-state index contributed by atoms with van der Waals surface area (Å²) in [6, 6.07) is 17.5. The number of aryl methyl sites for hydroxylation is 1. The molecular weight excluding hydrogens is 415 g/mol. The first kappa shape index (κ1) is 15.3. The molecule has 3 aromatic rings. The zero-order chi connectivity index (χ0) is 16.7.